The van der Waals surface area contributed by atoms with Crippen LogP contribution >= 0.6 is 11.6 Å². The van der Waals surface area contributed by atoms with Crippen molar-refractivity contribution < 1.29 is 13.7 Å². The van der Waals surface area contributed by atoms with Crippen LogP contribution in [0.4, 0.5) is 6.01 Å². The molecule has 0 unspecified atom stereocenters. The van der Waals surface area contributed by atoms with Gasteiger partial charge >= 0.3 is 0 Å². The summed E-state index contributed by atoms with van der Waals surface area (Å²) >= 11 is 6.01. The lowest BCUT2D eigenvalue weighted by Gasteiger charge is -2.32. The topological polar surface area (TPSA) is 88.5 Å². The van der Waals surface area contributed by atoms with E-state index in [-0.39, 0.29) is 11.8 Å². The Morgan fingerprint density at radius 3 is 2.82 bits per heavy atom. The molecule has 9 heteroatoms. The zero-order valence-electron chi connectivity index (χ0n) is 15.9. The summed E-state index contributed by atoms with van der Waals surface area (Å²) in [5, 5.41) is 4.54. The predicted molar refractivity (Wildman–Crippen MR) is 104 cm³/mol. The lowest BCUT2D eigenvalue weighted by atomic mass is 9.95. The Balaban J connectivity index is 1.35. The van der Waals surface area contributed by atoms with Gasteiger partial charge in [0.2, 0.25) is 11.8 Å². The van der Waals surface area contributed by atoms with Crippen LogP contribution in [0.15, 0.2) is 27.1 Å². The molecule has 3 heterocycles. The molecule has 8 nitrogen and oxygen atoms in total. The van der Waals surface area contributed by atoms with Gasteiger partial charge in [0, 0.05) is 43.6 Å². The number of aryl methyl sites for hydroxylation is 1. The highest BCUT2D eigenvalue weighted by Gasteiger charge is 2.29. The van der Waals surface area contributed by atoms with Crippen LogP contribution in [0.25, 0.3) is 11.1 Å². The molecule has 1 aliphatic rings. The molecule has 148 valence electrons. The van der Waals surface area contributed by atoms with Gasteiger partial charge in [0.05, 0.1) is 6.54 Å². The smallest absolute Gasteiger partial charge is 0.298 e. The van der Waals surface area contributed by atoms with Gasteiger partial charge in [0.15, 0.2) is 11.4 Å². The van der Waals surface area contributed by atoms with E-state index in [1.54, 1.807) is 24.1 Å². The highest BCUT2D eigenvalue weighted by atomic mass is 35.5. The number of anilines is 1. The zero-order chi connectivity index (χ0) is 19.7. The number of oxazole rings is 1. The highest BCUT2D eigenvalue weighted by Crippen LogP contribution is 2.28. The molecule has 0 aliphatic carbocycles. The van der Waals surface area contributed by atoms with Gasteiger partial charge < -0.3 is 18.7 Å². The van der Waals surface area contributed by atoms with Crippen molar-refractivity contribution in [2.24, 2.45) is 5.92 Å². The van der Waals surface area contributed by atoms with E-state index in [1.165, 1.54) is 0 Å². The van der Waals surface area contributed by atoms with Crippen LogP contribution in [0.2, 0.25) is 5.02 Å². The Morgan fingerprint density at radius 1 is 1.32 bits per heavy atom. The summed E-state index contributed by atoms with van der Waals surface area (Å²) in [7, 11) is 1.78. The number of carbonyl (C=O) groups is 1. The van der Waals surface area contributed by atoms with Crippen molar-refractivity contribution >= 4 is 34.6 Å². The summed E-state index contributed by atoms with van der Waals surface area (Å²) in [5.74, 6) is 1.20. The number of nitrogens with zero attached hydrogens (tertiary/aromatic N) is 5. The van der Waals surface area contributed by atoms with Gasteiger partial charge in [-0.05, 0) is 25.0 Å². The van der Waals surface area contributed by atoms with E-state index in [0.29, 0.717) is 54.4 Å². The summed E-state index contributed by atoms with van der Waals surface area (Å²) in [6.07, 6.45) is 2.18. The lowest BCUT2D eigenvalue weighted by molar-refractivity contribution is -0.135. The minimum Gasteiger partial charge on any atom is -0.423 e. The van der Waals surface area contributed by atoms with Crippen LogP contribution < -0.4 is 4.90 Å². The summed E-state index contributed by atoms with van der Waals surface area (Å²) < 4.78 is 10.9. The Bertz CT molecular complexity index is 977. The second kappa shape index (κ2) is 7.79. The first-order valence-corrected chi connectivity index (χ1v) is 9.78. The van der Waals surface area contributed by atoms with Gasteiger partial charge in [-0.1, -0.05) is 23.7 Å². The monoisotopic (exact) mass is 403 g/mol. The molecule has 1 saturated heterocycles. The van der Waals surface area contributed by atoms with E-state index >= 15 is 0 Å². The summed E-state index contributed by atoms with van der Waals surface area (Å²) in [6.45, 7) is 3.74. The Hall–Kier alpha value is -2.61. The molecule has 0 saturated carbocycles. The molecule has 3 aromatic rings. The van der Waals surface area contributed by atoms with Crippen LogP contribution in [-0.4, -0.2) is 46.1 Å². The van der Waals surface area contributed by atoms with E-state index in [2.05, 4.69) is 20.0 Å². The van der Waals surface area contributed by atoms with Crippen molar-refractivity contribution in [1.29, 1.82) is 0 Å². The van der Waals surface area contributed by atoms with Crippen LogP contribution in [0.1, 0.15) is 31.5 Å². The third-order valence-electron chi connectivity index (χ3n) is 5.02. The minimum atomic E-state index is -0.0300. The fourth-order valence-corrected chi connectivity index (χ4v) is 3.60. The number of hydrogen-bond donors (Lipinski definition) is 0. The highest BCUT2D eigenvalue weighted by molar-refractivity contribution is 6.31. The SMILES string of the molecule is CCc1nc(CN(C)C(=O)C2CCN(c3nc4ccc(Cl)cc4o3)CC2)no1. The number of benzene rings is 1. The second-order valence-electron chi connectivity index (χ2n) is 7.02. The molecule has 0 atom stereocenters. The van der Waals surface area contributed by atoms with Crippen molar-refractivity contribution in [2.75, 3.05) is 25.0 Å². The third kappa shape index (κ3) is 3.82. The van der Waals surface area contributed by atoms with Crippen LogP contribution in [0, 0.1) is 5.92 Å². The molecule has 0 radical (unpaired) electrons. The molecule has 4 rings (SSSR count). The molecule has 0 spiro atoms. The maximum absolute atomic E-state index is 12.8. The molecule has 1 aromatic carbocycles. The summed E-state index contributed by atoms with van der Waals surface area (Å²) in [6, 6.07) is 5.98. The maximum atomic E-state index is 12.8. The van der Waals surface area contributed by atoms with Crippen molar-refractivity contribution in [3.8, 4) is 0 Å². The molecule has 0 N–H and O–H groups in total. The minimum absolute atomic E-state index is 0.0300. The van der Waals surface area contributed by atoms with Crippen molar-refractivity contribution in [2.45, 2.75) is 32.7 Å². The summed E-state index contributed by atoms with van der Waals surface area (Å²) in [4.78, 5) is 25.3. The molecule has 1 aliphatic heterocycles. The number of amides is 1. The molecule has 2 aromatic heterocycles. The number of fused-ring (bicyclic) bond motifs is 1. The fourth-order valence-electron chi connectivity index (χ4n) is 3.44. The van der Waals surface area contributed by atoms with E-state index in [1.807, 2.05) is 13.0 Å². The molecule has 0 bridgehead atoms. The van der Waals surface area contributed by atoms with Crippen LogP contribution in [0.5, 0.6) is 0 Å². The van der Waals surface area contributed by atoms with Gasteiger partial charge in [-0.15, -0.1) is 0 Å². The van der Waals surface area contributed by atoms with Gasteiger partial charge in [0.25, 0.3) is 6.01 Å². The maximum Gasteiger partial charge on any atom is 0.298 e. The second-order valence-corrected chi connectivity index (χ2v) is 7.46. The van der Waals surface area contributed by atoms with E-state index < -0.39 is 0 Å². The van der Waals surface area contributed by atoms with Gasteiger partial charge in [0.1, 0.15) is 5.52 Å². The average molecular weight is 404 g/mol. The van der Waals surface area contributed by atoms with Crippen molar-refractivity contribution in [1.82, 2.24) is 20.0 Å². The predicted octanol–water partition coefficient (Wildman–Crippen LogP) is 3.30. The van der Waals surface area contributed by atoms with Crippen molar-refractivity contribution in [3.63, 3.8) is 0 Å². The Kier molecular flexibility index (Phi) is 5.21. The number of rotatable bonds is 5. The third-order valence-corrected chi connectivity index (χ3v) is 5.26. The lowest BCUT2D eigenvalue weighted by Crippen LogP contribution is -2.41. The van der Waals surface area contributed by atoms with E-state index in [4.69, 9.17) is 20.5 Å². The fraction of sp³-hybridized carbons (Fsp3) is 0.474. The van der Waals surface area contributed by atoms with E-state index in [0.717, 1.165) is 18.4 Å². The number of piperidine rings is 1. The number of aromatic nitrogens is 3. The Labute approximate surface area is 167 Å². The van der Waals surface area contributed by atoms with Gasteiger partial charge in [-0.25, -0.2) is 0 Å². The van der Waals surface area contributed by atoms with Crippen LogP contribution in [-0.2, 0) is 17.8 Å². The van der Waals surface area contributed by atoms with E-state index in [9.17, 15) is 4.79 Å². The average Bonchev–Trinajstić information content (AvgIpc) is 3.33. The number of carbonyl (C=O) groups excluding carboxylic acids is 1. The molecule has 1 fully saturated rings. The first-order chi connectivity index (χ1) is 13.5. The normalized spacial score (nSPS) is 15.3. The molecule has 28 heavy (non-hydrogen) atoms. The Morgan fingerprint density at radius 2 is 2.11 bits per heavy atom. The first-order valence-electron chi connectivity index (χ1n) is 9.41. The molecule has 1 amide bonds. The molecular weight excluding hydrogens is 382 g/mol. The van der Waals surface area contributed by atoms with Gasteiger partial charge in [-0.3, -0.25) is 4.79 Å². The molecular formula is C19H22ClN5O3. The largest absolute Gasteiger partial charge is 0.423 e. The van der Waals surface area contributed by atoms with Crippen molar-refractivity contribution in [3.05, 3.63) is 34.9 Å². The number of hydrogen-bond acceptors (Lipinski definition) is 7. The number of halogens is 1. The summed E-state index contributed by atoms with van der Waals surface area (Å²) in [5.41, 5.74) is 1.45. The van der Waals surface area contributed by atoms with Crippen LogP contribution in [0.3, 0.4) is 0 Å². The standard InChI is InChI=1S/C19H22ClN5O3/c1-3-17-22-16(23-28-17)11-24(2)18(26)12-6-8-25(9-7-12)19-21-14-5-4-13(20)10-15(14)27-19/h4-5,10,12H,3,6-9,11H2,1-2H3. The zero-order valence-corrected chi connectivity index (χ0v) is 16.6. The van der Waals surface area contributed by atoms with Gasteiger partial charge in [-0.2, -0.15) is 9.97 Å². The quantitative estimate of drug-likeness (QED) is 0.645. The first kappa shape index (κ1) is 18.7.